The number of anilines is 2. The number of rotatable bonds is 4. The Hall–Kier alpha value is -2.26. The minimum absolute atomic E-state index is 0.343. The molecule has 0 radical (unpaired) electrons. The fourth-order valence-electron chi connectivity index (χ4n) is 3.76. The van der Waals surface area contributed by atoms with E-state index in [-0.39, 0.29) is 0 Å². The maximum atomic E-state index is 5.81. The maximum absolute atomic E-state index is 5.81. The van der Waals surface area contributed by atoms with Crippen LogP contribution in [0.15, 0.2) is 12.4 Å². The molecule has 2 aromatic heterocycles. The zero-order valence-corrected chi connectivity index (χ0v) is 15.2. The number of piperidine rings is 1. The number of morpholine rings is 1. The van der Waals surface area contributed by atoms with Crippen molar-refractivity contribution in [2.45, 2.75) is 25.3 Å². The molecule has 2 fully saturated rings. The fourth-order valence-corrected chi connectivity index (χ4v) is 3.76. The smallest absolute Gasteiger partial charge is 0.146 e. The second-order valence-electron chi connectivity index (χ2n) is 7.01. The van der Waals surface area contributed by atoms with Gasteiger partial charge in [0.05, 0.1) is 19.8 Å². The van der Waals surface area contributed by atoms with Crippen molar-refractivity contribution in [3.8, 4) is 0 Å². The molecule has 4 heterocycles. The van der Waals surface area contributed by atoms with Gasteiger partial charge in [-0.3, -0.25) is 4.90 Å². The first-order chi connectivity index (χ1) is 12.7. The van der Waals surface area contributed by atoms with Crippen LogP contribution in [0.3, 0.4) is 0 Å². The number of hydrogen-bond donors (Lipinski definition) is 1. The Labute approximate surface area is 153 Å². The third kappa shape index (κ3) is 3.63. The predicted octanol–water partition coefficient (Wildman–Crippen LogP) is 0.404. The lowest BCUT2D eigenvalue weighted by atomic mass is 9.97. The Bertz CT molecular complexity index is 742. The summed E-state index contributed by atoms with van der Waals surface area (Å²) in [4.78, 5) is 13.0. The van der Waals surface area contributed by atoms with Crippen LogP contribution in [0, 0.1) is 0 Å². The molecule has 0 unspecified atom stereocenters. The minimum atomic E-state index is 0.343. The second-order valence-corrected chi connectivity index (χ2v) is 7.01. The van der Waals surface area contributed by atoms with E-state index < -0.39 is 0 Å². The highest BCUT2D eigenvalue weighted by Gasteiger charge is 2.27. The van der Waals surface area contributed by atoms with Crippen LogP contribution in [0.5, 0.6) is 0 Å². The van der Waals surface area contributed by atoms with Gasteiger partial charge in [0, 0.05) is 45.2 Å². The second kappa shape index (κ2) is 7.55. The Morgan fingerprint density at radius 2 is 2.04 bits per heavy atom. The number of ether oxygens (including phenoxy) is 1. The molecule has 2 aromatic rings. The van der Waals surface area contributed by atoms with Crippen molar-refractivity contribution in [1.82, 2.24) is 29.6 Å². The first-order valence-electron chi connectivity index (χ1n) is 9.21. The van der Waals surface area contributed by atoms with Crippen molar-refractivity contribution in [3.05, 3.63) is 24.0 Å². The predicted molar refractivity (Wildman–Crippen MR) is 97.7 cm³/mol. The molecule has 2 saturated heterocycles. The summed E-state index contributed by atoms with van der Waals surface area (Å²) in [6.07, 6.45) is 3.73. The molecule has 0 bridgehead atoms. The van der Waals surface area contributed by atoms with Gasteiger partial charge in [0.2, 0.25) is 0 Å². The van der Waals surface area contributed by atoms with Crippen LogP contribution in [0.4, 0.5) is 11.6 Å². The molecule has 2 aliphatic rings. The van der Waals surface area contributed by atoms with Gasteiger partial charge < -0.3 is 19.9 Å². The summed E-state index contributed by atoms with van der Waals surface area (Å²) < 4.78 is 7.59. The highest BCUT2D eigenvalue weighted by atomic mass is 16.5. The largest absolute Gasteiger partial charge is 0.384 e. The molecule has 0 aliphatic carbocycles. The summed E-state index contributed by atoms with van der Waals surface area (Å²) in [5, 5.41) is 8.98. The molecule has 26 heavy (non-hydrogen) atoms. The third-order valence-electron chi connectivity index (χ3n) is 5.25. The van der Waals surface area contributed by atoms with Gasteiger partial charge in [-0.15, -0.1) is 10.2 Å². The minimum Gasteiger partial charge on any atom is -0.384 e. The van der Waals surface area contributed by atoms with Crippen LogP contribution in [0.1, 0.15) is 30.4 Å². The van der Waals surface area contributed by atoms with E-state index in [1.165, 1.54) is 6.33 Å². The number of nitrogens with two attached hydrogens (primary N) is 1. The number of nitrogens with zero attached hydrogens (tertiary/aromatic N) is 7. The SMILES string of the molecule is Cn1c(CN2CCOCC2)nnc1[C@@H]1CCCN(c2cc(N)ncn2)C1. The highest BCUT2D eigenvalue weighted by molar-refractivity contribution is 5.46. The van der Waals surface area contributed by atoms with Crippen LogP contribution in [-0.4, -0.2) is 69.0 Å². The van der Waals surface area contributed by atoms with Gasteiger partial charge in [-0.1, -0.05) is 0 Å². The van der Waals surface area contributed by atoms with Gasteiger partial charge in [0.25, 0.3) is 0 Å². The van der Waals surface area contributed by atoms with Crippen LogP contribution < -0.4 is 10.6 Å². The van der Waals surface area contributed by atoms with E-state index >= 15 is 0 Å². The number of nitrogen functional groups attached to an aromatic ring is 1. The molecule has 9 heteroatoms. The van der Waals surface area contributed by atoms with Crippen molar-refractivity contribution < 1.29 is 4.74 Å². The average molecular weight is 358 g/mol. The van der Waals surface area contributed by atoms with Crippen molar-refractivity contribution >= 4 is 11.6 Å². The van der Waals surface area contributed by atoms with Crippen molar-refractivity contribution in [3.63, 3.8) is 0 Å². The van der Waals surface area contributed by atoms with Gasteiger partial charge in [0.1, 0.15) is 29.6 Å². The van der Waals surface area contributed by atoms with E-state index in [9.17, 15) is 0 Å². The number of hydrogen-bond acceptors (Lipinski definition) is 8. The lowest BCUT2D eigenvalue weighted by Crippen LogP contribution is -2.37. The monoisotopic (exact) mass is 358 g/mol. The van der Waals surface area contributed by atoms with Gasteiger partial charge in [-0.25, -0.2) is 9.97 Å². The zero-order chi connectivity index (χ0) is 17.9. The molecule has 2 N–H and O–H groups in total. The van der Waals surface area contributed by atoms with E-state index in [1.54, 1.807) is 0 Å². The number of aromatic nitrogens is 5. The molecule has 0 aromatic carbocycles. The fraction of sp³-hybridized carbons (Fsp3) is 0.647. The van der Waals surface area contributed by atoms with Crippen LogP contribution in [0.2, 0.25) is 0 Å². The van der Waals surface area contributed by atoms with Gasteiger partial charge >= 0.3 is 0 Å². The van der Waals surface area contributed by atoms with Crippen LogP contribution in [-0.2, 0) is 18.3 Å². The molecule has 1 atom stereocenters. The summed E-state index contributed by atoms with van der Waals surface area (Å²) in [5.41, 5.74) is 5.81. The van der Waals surface area contributed by atoms with Gasteiger partial charge in [-0.2, -0.15) is 0 Å². The summed E-state index contributed by atoms with van der Waals surface area (Å²) in [7, 11) is 2.08. The Morgan fingerprint density at radius 1 is 1.19 bits per heavy atom. The lowest BCUT2D eigenvalue weighted by Gasteiger charge is -2.33. The normalized spacial score (nSPS) is 21.9. The molecule has 0 amide bonds. The zero-order valence-electron chi connectivity index (χ0n) is 15.2. The lowest BCUT2D eigenvalue weighted by molar-refractivity contribution is 0.0326. The molecule has 9 nitrogen and oxygen atoms in total. The van der Waals surface area contributed by atoms with Crippen molar-refractivity contribution in [2.75, 3.05) is 50.0 Å². The quantitative estimate of drug-likeness (QED) is 0.839. The topological polar surface area (TPSA) is 98.2 Å². The van der Waals surface area contributed by atoms with Crippen LogP contribution in [0.25, 0.3) is 0 Å². The molecule has 0 saturated carbocycles. The summed E-state index contributed by atoms with van der Waals surface area (Å²) >= 11 is 0. The standard InChI is InChI=1S/C17H26N8O/c1-23-16(11-24-5-7-26-8-6-24)21-22-17(23)13-3-2-4-25(10-13)15-9-14(18)19-12-20-15/h9,12-13H,2-8,10-11H2,1H3,(H2,18,19,20)/t13-/m1/s1. The molecular formula is C17H26N8O. The Morgan fingerprint density at radius 3 is 2.85 bits per heavy atom. The van der Waals surface area contributed by atoms with Gasteiger partial charge in [-0.05, 0) is 12.8 Å². The molecule has 4 rings (SSSR count). The van der Waals surface area contributed by atoms with Crippen molar-refractivity contribution in [1.29, 1.82) is 0 Å². The van der Waals surface area contributed by atoms with E-state index in [4.69, 9.17) is 10.5 Å². The highest BCUT2D eigenvalue weighted by Crippen LogP contribution is 2.28. The summed E-state index contributed by atoms with van der Waals surface area (Å²) in [6.45, 7) is 6.18. The van der Waals surface area contributed by atoms with E-state index in [2.05, 4.69) is 41.6 Å². The van der Waals surface area contributed by atoms with Crippen molar-refractivity contribution in [2.24, 2.45) is 7.05 Å². The Balaban J connectivity index is 1.46. The summed E-state index contributed by atoms with van der Waals surface area (Å²) in [6, 6.07) is 1.84. The molecule has 0 spiro atoms. The molecule has 2 aliphatic heterocycles. The van der Waals surface area contributed by atoms with Crippen LogP contribution >= 0.6 is 0 Å². The molecular weight excluding hydrogens is 332 g/mol. The van der Waals surface area contributed by atoms with E-state index in [0.717, 1.165) is 76.2 Å². The first kappa shape index (κ1) is 17.2. The summed E-state index contributed by atoms with van der Waals surface area (Å²) in [5.74, 6) is 3.81. The average Bonchev–Trinajstić information content (AvgIpc) is 3.03. The molecule has 140 valence electrons. The van der Waals surface area contributed by atoms with E-state index in [0.29, 0.717) is 11.7 Å². The Kier molecular flexibility index (Phi) is 4.98. The van der Waals surface area contributed by atoms with E-state index in [1.807, 2.05) is 6.07 Å². The third-order valence-corrected chi connectivity index (χ3v) is 5.25. The maximum Gasteiger partial charge on any atom is 0.146 e. The first-order valence-corrected chi connectivity index (χ1v) is 9.21. The van der Waals surface area contributed by atoms with Gasteiger partial charge in [0.15, 0.2) is 0 Å².